The second-order valence-electron chi connectivity index (χ2n) is 6.22. The third-order valence-electron chi connectivity index (χ3n) is 4.58. The number of piperidine rings is 1. The van der Waals surface area contributed by atoms with E-state index < -0.39 is 5.41 Å². The maximum Gasteiger partial charge on any atom is 0.243 e. The summed E-state index contributed by atoms with van der Waals surface area (Å²) in [4.78, 5) is 14.8. The van der Waals surface area contributed by atoms with Gasteiger partial charge in [-0.1, -0.05) is 46.5 Å². The third kappa shape index (κ3) is 3.98. The van der Waals surface area contributed by atoms with E-state index in [2.05, 4.69) is 26.8 Å². The van der Waals surface area contributed by atoms with Crippen LogP contribution in [0.15, 0.2) is 0 Å². The molecule has 0 unspecified atom stereocenters. The van der Waals surface area contributed by atoms with Gasteiger partial charge in [0.15, 0.2) is 0 Å². The van der Waals surface area contributed by atoms with Gasteiger partial charge in [-0.25, -0.2) is 0 Å². The molecule has 0 spiro atoms. The number of amides is 1. The second-order valence-corrected chi connectivity index (χ2v) is 6.22. The highest BCUT2D eigenvalue weighted by molar-refractivity contribution is 5.85. The predicted octanol–water partition coefficient (Wildman–Crippen LogP) is 4.14. The van der Waals surface area contributed by atoms with Crippen molar-refractivity contribution >= 4 is 5.91 Å². The van der Waals surface area contributed by atoms with Crippen LogP contribution in [0.5, 0.6) is 0 Å². The summed E-state index contributed by atoms with van der Waals surface area (Å²) in [5.74, 6) is 0.872. The van der Waals surface area contributed by atoms with Gasteiger partial charge in [-0.3, -0.25) is 4.79 Å². The van der Waals surface area contributed by atoms with Gasteiger partial charge in [-0.2, -0.15) is 5.26 Å². The molecule has 0 bridgehead atoms. The number of likely N-dealkylation sites (tertiary alicyclic amines) is 1. The normalized spacial score (nSPS) is 17.0. The standard InChI is InChI=1S/C17H30N2O/c1-4-7-15-8-12-19(13-9-15)16(20)17(14-18,10-5-2)11-6-3/h15H,4-13H2,1-3H3. The molecule has 0 atom stereocenters. The predicted molar refractivity (Wildman–Crippen MR) is 82.1 cm³/mol. The minimum Gasteiger partial charge on any atom is -0.341 e. The van der Waals surface area contributed by atoms with Gasteiger partial charge in [0.2, 0.25) is 5.91 Å². The summed E-state index contributed by atoms with van der Waals surface area (Å²) in [5, 5.41) is 9.58. The Kier molecular flexibility index (Phi) is 7.05. The van der Waals surface area contributed by atoms with E-state index in [-0.39, 0.29) is 5.91 Å². The topological polar surface area (TPSA) is 44.1 Å². The number of hydrogen-bond acceptors (Lipinski definition) is 2. The second kappa shape index (κ2) is 8.29. The lowest BCUT2D eigenvalue weighted by Gasteiger charge is -2.37. The first-order chi connectivity index (χ1) is 9.63. The molecular weight excluding hydrogens is 248 g/mol. The van der Waals surface area contributed by atoms with Gasteiger partial charge in [0.1, 0.15) is 5.41 Å². The maximum absolute atomic E-state index is 12.8. The Hall–Kier alpha value is -1.04. The van der Waals surface area contributed by atoms with Crippen molar-refractivity contribution in [3.05, 3.63) is 0 Å². The van der Waals surface area contributed by atoms with Crippen molar-refractivity contribution in [2.75, 3.05) is 13.1 Å². The Labute approximate surface area is 124 Å². The number of nitriles is 1. The highest BCUT2D eigenvalue weighted by atomic mass is 16.2. The van der Waals surface area contributed by atoms with Crippen LogP contribution in [0.4, 0.5) is 0 Å². The van der Waals surface area contributed by atoms with Crippen molar-refractivity contribution in [1.29, 1.82) is 5.26 Å². The largest absolute Gasteiger partial charge is 0.341 e. The molecule has 1 rings (SSSR count). The summed E-state index contributed by atoms with van der Waals surface area (Å²) >= 11 is 0. The molecule has 1 amide bonds. The highest BCUT2D eigenvalue weighted by Crippen LogP contribution is 2.33. The number of rotatable bonds is 7. The molecule has 1 aliphatic rings. The van der Waals surface area contributed by atoms with Crippen LogP contribution in [0.1, 0.15) is 72.1 Å². The van der Waals surface area contributed by atoms with Crippen LogP contribution in [0.3, 0.4) is 0 Å². The number of carbonyl (C=O) groups excluding carboxylic acids is 1. The van der Waals surface area contributed by atoms with Crippen LogP contribution >= 0.6 is 0 Å². The van der Waals surface area contributed by atoms with E-state index >= 15 is 0 Å². The van der Waals surface area contributed by atoms with E-state index in [1.54, 1.807) is 0 Å². The average molecular weight is 278 g/mol. The lowest BCUT2D eigenvalue weighted by Crippen LogP contribution is -2.47. The first kappa shape index (κ1) is 17.0. The van der Waals surface area contributed by atoms with Gasteiger partial charge in [-0.15, -0.1) is 0 Å². The van der Waals surface area contributed by atoms with Crippen LogP contribution in [0.25, 0.3) is 0 Å². The fraction of sp³-hybridized carbons (Fsp3) is 0.882. The molecular formula is C17H30N2O. The lowest BCUT2D eigenvalue weighted by atomic mass is 9.78. The van der Waals surface area contributed by atoms with E-state index in [9.17, 15) is 10.1 Å². The van der Waals surface area contributed by atoms with Crippen LogP contribution in [-0.4, -0.2) is 23.9 Å². The van der Waals surface area contributed by atoms with E-state index in [4.69, 9.17) is 0 Å². The summed E-state index contributed by atoms with van der Waals surface area (Å²) < 4.78 is 0. The van der Waals surface area contributed by atoms with Crippen LogP contribution in [0.2, 0.25) is 0 Å². The van der Waals surface area contributed by atoms with Gasteiger partial charge in [-0.05, 0) is 31.6 Å². The van der Waals surface area contributed by atoms with Gasteiger partial charge in [0, 0.05) is 13.1 Å². The van der Waals surface area contributed by atoms with Crippen molar-refractivity contribution in [3.63, 3.8) is 0 Å². The molecule has 3 nitrogen and oxygen atoms in total. The van der Waals surface area contributed by atoms with E-state index in [0.717, 1.165) is 44.7 Å². The van der Waals surface area contributed by atoms with Crippen LogP contribution < -0.4 is 0 Å². The molecule has 1 saturated heterocycles. The molecule has 0 radical (unpaired) electrons. The van der Waals surface area contributed by atoms with Crippen molar-refractivity contribution in [2.45, 2.75) is 72.1 Å². The zero-order chi connectivity index (χ0) is 15.0. The Bertz CT molecular complexity index is 331. The Morgan fingerprint density at radius 2 is 1.70 bits per heavy atom. The SMILES string of the molecule is CCCC1CCN(C(=O)C(C#N)(CCC)CCC)CC1. The quantitative estimate of drug-likeness (QED) is 0.702. The molecule has 0 aromatic carbocycles. The molecule has 0 aliphatic carbocycles. The maximum atomic E-state index is 12.8. The van der Waals surface area contributed by atoms with Crippen LogP contribution in [-0.2, 0) is 4.79 Å². The Balaban J connectivity index is 2.69. The zero-order valence-electron chi connectivity index (χ0n) is 13.5. The summed E-state index contributed by atoms with van der Waals surface area (Å²) in [6.07, 6.45) is 7.91. The molecule has 1 heterocycles. The van der Waals surface area contributed by atoms with Gasteiger partial charge < -0.3 is 4.90 Å². The van der Waals surface area contributed by atoms with Crippen molar-refractivity contribution in [3.8, 4) is 6.07 Å². The van der Waals surface area contributed by atoms with Gasteiger partial charge in [0.05, 0.1) is 6.07 Å². The molecule has 1 fully saturated rings. The molecule has 0 aromatic rings. The smallest absolute Gasteiger partial charge is 0.243 e. The highest BCUT2D eigenvalue weighted by Gasteiger charge is 2.40. The third-order valence-corrected chi connectivity index (χ3v) is 4.58. The molecule has 3 heteroatoms. The summed E-state index contributed by atoms with van der Waals surface area (Å²) in [6, 6.07) is 2.36. The molecule has 0 N–H and O–H groups in total. The Morgan fingerprint density at radius 1 is 1.15 bits per heavy atom. The fourth-order valence-electron chi connectivity index (χ4n) is 3.49. The molecule has 20 heavy (non-hydrogen) atoms. The number of nitrogens with zero attached hydrogens (tertiary/aromatic N) is 2. The summed E-state index contributed by atoms with van der Waals surface area (Å²) in [6.45, 7) is 8.03. The summed E-state index contributed by atoms with van der Waals surface area (Å²) in [5.41, 5.74) is -0.763. The monoisotopic (exact) mass is 278 g/mol. The van der Waals surface area contributed by atoms with E-state index in [0.29, 0.717) is 12.8 Å². The van der Waals surface area contributed by atoms with Crippen molar-refractivity contribution in [1.82, 2.24) is 4.90 Å². The fourth-order valence-corrected chi connectivity index (χ4v) is 3.49. The van der Waals surface area contributed by atoms with Crippen molar-refractivity contribution < 1.29 is 4.79 Å². The van der Waals surface area contributed by atoms with E-state index in [1.165, 1.54) is 12.8 Å². The first-order valence-electron chi connectivity index (χ1n) is 8.34. The molecule has 114 valence electrons. The summed E-state index contributed by atoms with van der Waals surface area (Å²) in [7, 11) is 0. The molecule has 1 aliphatic heterocycles. The minimum absolute atomic E-state index is 0.0960. The molecule has 0 saturated carbocycles. The lowest BCUT2D eigenvalue weighted by molar-refractivity contribution is -0.141. The first-order valence-corrected chi connectivity index (χ1v) is 8.34. The average Bonchev–Trinajstić information content (AvgIpc) is 2.47. The Morgan fingerprint density at radius 3 is 2.10 bits per heavy atom. The number of carbonyl (C=O) groups is 1. The van der Waals surface area contributed by atoms with E-state index in [1.807, 2.05) is 4.90 Å². The minimum atomic E-state index is -0.763. The van der Waals surface area contributed by atoms with Gasteiger partial charge >= 0.3 is 0 Å². The molecule has 0 aromatic heterocycles. The number of hydrogen-bond donors (Lipinski definition) is 0. The van der Waals surface area contributed by atoms with Gasteiger partial charge in [0.25, 0.3) is 0 Å². The van der Waals surface area contributed by atoms with Crippen LogP contribution in [0, 0.1) is 22.7 Å². The zero-order valence-corrected chi connectivity index (χ0v) is 13.5. The van der Waals surface area contributed by atoms with Crippen molar-refractivity contribution in [2.24, 2.45) is 11.3 Å².